The second-order valence-corrected chi connectivity index (χ2v) is 6.01. The molecule has 0 aliphatic rings. The van der Waals surface area contributed by atoms with Crippen LogP contribution in [0.15, 0.2) is 58.1 Å². The summed E-state index contributed by atoms with van der Waals surface area (Å²) in [7, 11) is 0. The van der Waals surface area contributed by atoms with E-state index in [4.69, 9.17) is 11.6 Å². The molecule has 0 radical (unpaired) electrons. The Morgan fingerprint density at radius 3 is 2.45 bits per heavy atom. The Morgan fingerprint density at radius 1 is 1.18 bits per heavy atom. The number of amides is 1. The van der Waals surface area contributed by atoms with Gasteiger partial charge in [-0.3, -0.25) is 4.79 Å². The van der Waals surface area contributed by atoms with Crippen molar-refractivity contribution in [3.63, 3.8) is 0 Å². The van der Waals surface area contributed by atoms with E-state index < -0.39 is 6.04 Å². The fourth-order valence-electron chi connectivity index (χ4n) is 1.68. The molecule has 0 spiro atoms. The molecule has 0 aliphatic heterocycles. The average Bonchev–Trinajstić information content (AvgIpc) is 2.51. The highest BCUT2D eigenvalue weighted by atomic mass is 79.9. The smallest absolute Gasteiger partial charge is 0.262 e. The molecule has 0 saturated heterocycles. The average molecular weight is 381 g/mol. The molecule has 2 aromatic rings. The Bertz CT molecular complexity index is 656. The lowest BCUT2D eigenvalue weighted by atomic mass is 10.2. The summed E-state index contributed by atoms with van der Waals surface area (Å²) >= 11 is 9.17. The second-order valence-electron chi connectivity index (χ2n) is 4.66. The molecule has 0 unspecified atom stereocenters. The summed E-state index contributed by atoms with van der Waals surface area (Å²) in [6.07, 6.45) is 1.57. The van der Waals surface area contributed by atoms with E-state index in [9.17, 15) is 4.79 Å². The number of halogens is 2. The van der Waals surface area contributed by atoms with E-state index in [0.29, 0.717) is 5.02 Å². The highest BCUT2D eigenvalue weighted by Crippen LogP contribution is 2.14. The number of nitrogens with zero attached hydrogens (tertiary/aromatic N) is 1. The molecular formula is C16H15BrClN3O. The van der Waals surface area contributed by atoms with E-state index in [-0.39, 0.29) is 5.91 Å². The first-order chi connectivity index (χ1) is 10.5. The lowest BCUT2D eigenvalue weighted by Crippen LogP contribution is -2.34. The molecule has 0 fully saturated rings. The Labute approximate surface area is 142 Å². The molecule has 0 aliphatic carbocycles. The number of hydrazone groups is 1. The van der Waals surface area contributed by atoms with E-state index in [1.54, 1.807) is 25.3 Å². The Balaban J connectivity index is 1.85. The van der Waals surface area contributed by atoms with Gasteiger partial charge in [-0.05, 0) is 48.9 Å². The van der Waals surface area contributed by atoms with Crippen LogP contribution in [0.2, 0.25) is 5.02 Å². The van der Waals surface area contributed by atoms with E-state index in [1.807, 2.05) is 36.4 Å². The molecule has 6 heteroatoms. The molecule has 2 rings (SSSR count). The van der Waals surface area contributed by atoms with Gasteiger partial charge < -0.3 is 5.32 Å². The number of benzene rings is 2. The maximum Gasteiger partial charge on any atom is 0.262 e. The van der Waals surface area contributed by atoms with Crippen molar-refractivity contribution in [3.8, 4) is 0 Å². The van der Waals surface area contributed by atoms with Crippen LogP contribution in [-0.4, -0.2) is 18.2 Å². The van der Waals surface area contributed by atoms with E-state index >= 15 is 0 Å². The molecule has 2 N–H and O–H groups in total. The molecular weight excluding hydrogens is 366 g/mol. The van der Waals surface area contributed by atoms with Crippen LogP contribution in [0.5, 0.6) is 0 Å². The molecule has 0 bridgehead atoms. The van der Waals surface area contributed by atoms with Gasteiger partial charge in [-0.1, -0.05) is 39.7 Å². The van der Waals surface area contributed by atoms with Crippen LogP contribution in [0.25, 0.3) is 0 Å². The summed E-state index contributed by atoms with van der Waals surface area (Å²) < 4.78 is 0.989. The van der Waals surface area contributed by atoms with E-state index in [1.165, 1.54) is 0 Å². The number of rotatable bonds is 5. The van der Waals surface area contributed by atoms with Gasteiger partial charge in [0.05, 0.1) is 6.21 Å². The molecule has 2 aromatic carbocycles. The van der Waals surface area contributed by atoms with Crippen molar-refractivity contribution < 1.29 is 4.79 Å². The number of hydrogen-bond donors (Lipinski definition) is 2. The molecule has 0 saturated carbocycles. The van der Waals surface area contributed by atoms with E-state index in [0.717, 1.165) is 15.7 Å². The Hall–Kier alpha value is -1.85. The number of carbonyl (C=O) groups excluding carboxylic acids is 1. The first-order valence-corrected chi connectivity index (χ1v) is 7.82. The SMILES string of the molecule is C[C@@H](Nc1ccc(Br)cc1)C(=O)N/N=C\c1ccc(Cl)cc1. The first-order valence-electron chi connectivity index (χ1n) is 6.65. The van der Waals surface area contributed by atoms with Crippen molar-refractivity contribution in [1.29, 1.82) is 0 Å². The van der Waals surface area contributed by atoms with Crippen LogP contribution in [0.1, 0.15) is 12.5 Å². The zero-order valence-corrected chi connectivity index (χ0v) is 14.2. The maximum atomic E-state index is 11.9. The van der Waals surface area contributed by atoms with E-state index in [2.05, 4.69) is 31.8 Å². The quantitative estimate of drug-likeness (QED) is 0.607. The van der Waals surface area contributed by atoms with Crippen molar-refractivity contribution >= 4 is 45.3 Å². The fraction of sp³-hybridized carbons (Fsp3) is 0.125. The summed E-state index contributed by atoms with van der Waals surface area (Å²) in [4.78, 5) is 11.9. The molecule has 0 aromatic heterocycles. The van der Waals surface area contributed by atoms with Crippen LogP contribution in [-0.2, 0) is 4.79 Å². The maximum absolute atomic E-state index is 11.9. The van der Waals surface area contributed by atoms with Crippen LogP contribution in [0.4, 0.5) is 5.69 Å². The molecule has 22 heavy (non-hydrogen) atoms. The summed E-state index contributed by atoms with van der Waals surface area (Å²) in [5, 5.41) is 7.69. The third-order valence-electron chi connectivity index (χ3n) is 2.88. The van der Waals surface area contributed by atoms with Gasteiger partial charge in [0.2, 0.25) is 0 Å². The van der Waals surface area contributed by atoms with Crippen LogP contribution in [0.3, 0.4) is 0 Å². The minimum absolute atomic E-state index is 0.215. The highest BCUT2D eigenvalue weighted by Gasteiger charge is 2.11. The van der Waals surface area contributed by atoms with Crippen molar-refractivity contribution in [2.45, 2.75) is 13.0 Å². The van der Waals surface area contributed by atoms with Gasteiger partial charge in [0.1, 0.15) is 6.04 Å². The molecule has 4 nitrogen and oxygen atoms in total. The largest absolute Gasteiger partial charge is 0.374 e. The van der Waals surface area contributed by atoms with Gasteiger partial charge >= 0.3 is 0 Å². The second kappa shape index (κ2) is 7.96. The summed E-state index contributed by atoms with van der Waals surface area (Å²) in [6, 6.07) is 14.4. The predicted molar refractivity (Wildman–Crippen MR) is 94.4 cm³/mol. The van der Waals surface area contributed by atoms with Gasteiger partial charge in [-0.15, -0.1) is 0 Å². The monoisotopic (exact) mass is 379 g/mol. The third-order valence-corrected chi connectivity index (χ3v) is 3.66. The normalized spacial score (nSPS) is 12.1. The van der Waals surface area contributed by atoms with Crippen LogP contribution >= 0.6 is 27.5 Å². The first kappa shape index (κ1) is 16.5. The molecule has 1 amide bonds. The summed E-state index contributed by atoms with van der Waals surface area (Å²) in [6.45, 7) is 1.77. The topological polar surface area (TPSA) is 53.5 Å². The third kappa shape index (κ3) is 5.16. The Kier molecular flexibility index (Phi) is 5.98. The van der Waals surface area contributed by atoms with Gasteiger partial charge in [0.25, 0.3) is 5.91 Å². The Morgan fingerprint density at radius 2 is 1.82 bits per heavy atom. The zero-order valence-electron chi connectivity index (χ0n) is 11.9. The molecule has 0 heterocycles. The standard InChI is InChI=1S/C16H15BrClN3O/c1-11(20-15-8-4-13(17)5-9-15)16(22)21-19-10-12-2-6-14(18)7-3-12/h2-11,20H,1H3,(H,21,22)/b19-10-/t11-/m1/s1. The number of anilines is 1. The van der Waals surface area contributed by atoms with Crippen molar-refractivity contribution in [2.75, 3.05) is 5.32 Å². The predicted octanol–water partition coefficient (Wildman–Crippen LogP) is 4.05. The van der Waals surface area contributed by atoms with Gasteiger partial charge in [-0.25, -0.2) is 5.43 Å². The molecule has 1 atom stereocenters. The highest BCUT2D eigenvalue weighted by molar-refractivity contribution is 9.10. The minimum atomic E-state index is -0.399. The van der Waals surface area contributed by atoms with Gasteiger partial charge in [0, 0.05) is 15.2 Å². The van der Waals surface area contributed by atoms with Crippen molar-refractivity contribution in [3.05, 3.63) is 63.6 Å². The van der Waals surface area contributed by atoms with Crippen molar-refractivity contribution in [2.24, 2.45) is 5.10 Å². The van der Waals surface area contributed by atoms with Crippen LogP contribution < -0.4 is 10.7 Å². The summed E-state index contributed by atoms with van der Waals surface area (Å²) in [5.74, 6) is -0.215. The molecule has 114 valence electrons. The van der Waals surface area contributed by atoms with Crippen LogP contribution in [0, 0.1) is 0 Å². The number of carbonyl (C=O) groups is 1. The van der Waals surface area contributed by atoms with Gasteiger partial charge in [0.15, 0.2) is 0 Å². The lowest BCUT2D eigenvalue weighted by Gasteiger charge is -2.13. The lowest BCUT2D eigenvalue weighted by molar-refractivity contribution is -0.121. The van der Waals surface area contributed by atoms with Crippen molar-refractivity contribution in [1.82, 2.24) is 5.43 Å². The minimum Gasteiger partial charge on any atom is -0.374 e. The number of hydrogen-bond acceptors (Lipinski definition) is 3. The number of nitrogens with one attached hydrogen (secondary N) is 2. The zero-order chi connectivity index (χ0) is 15.9. The van der Waals surface area contributed by atoms with Gasteiger partial charge in [-0.2, -0.15) is 5.10 Å². The fourth-order valence-corrected chi connectivity index (χ4v) is 2.07. The summed E-state index contributed by atoms with van der Waals surface area (Å²) in [5.41, 5.74) is 4.23.